The first-order valence-corrected chi connectivity index (χ1v) is 20.9. The Morgan fingerprint density at radius 2 is 1.47 bits per heavy atom. The molecule has 0 aliphatic heterocycles. The normalized spacial score (nSPS) is 23.3. The molecule has 0 radical (unpaired) electrons. The minimum atomic E-state index is -1.07. The van der Waals surface area contributed by atoms with Gasteiger partial charge in [0.1, 0.15) is 29.7 Å². The maximum atomic E-state index is 14.1. The van der Waals surface area contributed by atoms with Gasteiger partial charge in [0.15, 0.2) is 0 Å². The molecule has 316 valence electrons. The van der Waals surface area contributed by atoms with E-state index in [-0.39, 0.29) is 36.0 Å². The van der Waals surface area contributed by atoms with Crippen molar-refractivity contribution in [3.63, 3.8) is 0 Å². The van der Waals surface area contributed by atoms with E-state index in [0.717, 1.165) is 49.7 Å². The summed E-state index contributed by atoms with van der Waals surface area (Å²) in [5.74, 6) is -1.08. The molecular weight excluding hydrogens is 751 g/mol. The second kappa shape index (κ2) is 19.1. The minimum absolute atomic E-state index is 0.0529. The van der Waals surface area contributed by atoms with Crippen LogP contribution in [0.4, 0.5) is 0 Å². The van der Waals surface area contributed by atoms with Gasteiger partial charge < -0.3 is 42.0 Å². The van der Waals surface area contributed by atoms with Crippen molar-refractivity contribution in [3.05, 3.63) is 95.1 Å². The Kier molecular flexibility index (Phi) is 14.0. The van der Waals surface area contributed by atoms with Gasteiger partial charge in [-0.05, 0) is 122 Å². The van der Waals surface area contributed by atoms with Gasteiger partial charge in [-0.2, -0.15) is 0 Å². The minimum Gasteiger partial charge on any atom is -0.508 e. The molecule has 0 spiro atoms. The summed E-state index contributed by atoms with van der Waals surface area (Å²) >= 11 is 0. The first kappa shape index (κ1) is 43.2. The number of phenolic OH excluding ortho intramolecular Hbond substituents is 2. The van der Waals surface area contributed by atoms with Crippen molar-refractivity contribution in [1.82, 2.24) is 21.3 Å². The lowest BCUT2D eigenvalue weighted by molar-refractivity contribution is -0.161. The number of nitrogens with two attached hydrogens (primary N) is 1. The molecule has 8 atom stereocenters. The van der Waals surface area contributed by atoms with Gasteiger partial charge in [0.2, 0.25) is 23.6 Å². The average molecular weight is 810 g/mol. The number of hydrogen-bond donors (Lipinski definition) is 7. The van der Waals surface area contributed by atoms with Crippen molar-refractivity contribution < 1.29 is 38.9 Å². The van der Waals surface area contributed by atoms with Crippen molar-refractivity contribution in [1.29, 1.82) is 0 Å². The van der Waals surface area contributed by atoms with Gasteiger partial charge in [-0.25, -0.2) is 4.79 Å². The predicted molar refractivity (Wildman–Crippen MR) is 222 cm³/mol. The summed E-state index contributed by atoms with van der Waals surface area (Å²) in [4.78, 5) is 66.3. The van der Waals surface area contributed by atoms with Crippen molar-refractivity contribution >= 4 is 29.6 Å². The number of fused-ring (bicyclic) bond motifs is 5. The van der Waals surface area contributed by atoms with E-state index < -0.39 is 60.8 Å². The molecule has 13 heteroatoms. The highest BCUT2D eigenvalue weighted by Gasteiger charge is 2.56. The maximum absolute atomic E-state index is 14.1. The number of aryl methyl sites for hydroxylation is 1. The number of carbonyl (C=O) groups excluding carboxylic acids is 5. The summed E-state index contributed by atoms with van der Waals surface area (Å²) in [6.07, 6.45) is 6.00. The Morgan fingerprint density at radius 3 is 2.20 bits per heavy atom. The molecule has 3 aliphatic rings. The Labute approximate surface area is 346 Å². The van der Waals surface area contributed by atoms with Crippen LogP contribution >= 0.6 is 0 Å². The van der Waals surface area contributed by atoms with E-state index >= 15 is 0 Å². The number of phenols is 2. The van der Waals surface area contributed by atoms with E-state index in [1.54, 1.807) is 18.2 Å². The molecule has 0 aromatic heterocycles. The number of hydrogen-bond acceptors (Lipinski definition) is 9. The summed E-state index contributed by atoms with van der Waals surface area (Å²) in [7, 11) is 0. The van der Waals surface area contributed by atoms with Gasteiger partial charge in [-0.1, -0.05) is 69.3 Å². The van der Waals surface area contributed by atoms with Gasteiger partial charge >= 0.3 is 5.97 Å². The van der Waals surface area contributed by atoms with Crippen LogP contribution in [0.3, 0.4) is 0 Å². The summed E-state index contributed by atoms with van der Waals surface area (Å²) in [5.41, 5.74) is 9.91. The van der Waals surface area contributed by atoms with Crippen LogP contribution in [0.2, 0.25) is 0 Å². The lowest BCUT2D eigenvalue weighted by Crippen LogP contribution is -2.55. The second-order valence-electron chi connectivity index (χ2n) is 17.3. The molecule has 2 fully saturated rings. The molecule has 3 aliphatic carbocycles. The van der Waals surface area contributed by atoms with E-state index in [9.17, 15) is 34.2 Å². The topological polar surface area (TPSA) is 209 Å². The molecule has 3 aromatic carbocycles. The van der Waals surface area contributed by atoms with Crippen LogP contribution < -0.4 is 27.0 Å². The number of rotatable bonds is 16. The number of nitrogens with one attached hydrogen (secondary N) is 4. The third-order valence-electron chi connectivity index (χ3n) is 12.7. The molecule has 13 nitrogen and oxygen atoms in total. The molecule has 2 saturated carbocycles. The molecule has 0 heterocycles. The number of ether oxygens (including phenoxy) is 1. The number of amides is 4. The second-order valence-corrected chi connectivity index (χ2v) is 17.3. The number of benzene rings is 3. The molecule has 4 amide bonds. The van der Waals surface area contributed by atoms with Gasteiger partial charge in [0.25, 0.3) is 0 Å². The SMILES string of the molecule is CC(C)C[C@H](NC(=O)[C@H](Cc1ccccc1)NC(=O)CNC(=O)CNC(=O)[C@@H](N)Cc1ccc(O)cc1)C(=O)OC1CC[C@H]2[C@@H]3CCc4cc(O)ccc4[C@H]3CC[C@]12C. The van der Waals surface area contributed by atoms with E-state index in [1.165, 1.54) is 23.3 Å². The molecule has 8 N–H and O–H groups in total. The fourth-order valence-corrected chi connectivity index (χ4v) is 9.72. The molecular formula is C46H59N5O8. The Bertz CT molecular complexity index is 1970. The molecule has 0 saturated heterocycles. The zero-order chi connectivity index (χ0) is 42.3. The molecule has 0 bridgehead atoms. The van der Waals surface area contributed by atoms with Crippen LogP contribution in [0.15, 0.2) is 72.8 Å². The lowest BCUT2D eigenvalue weighted by atomic mass is 9.55. The van der Waals surface area contributed by atoms with E-state index in [4.69, 9.17) is 10.5 Å². The predicted octanol–water partition coefficient (Wildman–Crippen LogP) is 3.93. The van der Waals surface area contributed by atoms with Crippen LogP contribution in [0.25, 0.3) is 0 Å². The largest absolute Gasteiger partial charge is 0.508 e. The Hall–Kier alpha value is -5.43. The average Bonchev–Trinajstić information content (AvgIpc) is 3.54. The molecule has 1 unspecified atom stereocenters. The van der Waals surface area contributed by atoms with Gasteiger partial charge in [-0.3, -0.25) is 19.2 Å². The van der Waals surface area contributed by atoms with Crippen molar-refractivity contribution in [2.45, 2.75) is 109 Å². The number of carbonyl (C=O) groups is 5. The van der Waals surface area contributed by atoms with Crippen molar-refractivity contribution in [2.24, 2.45) is 28.9 Å². The summed E-state index contributed by atoms with van der Waals surface area (Å²) in [6.45, 7) is 5.33. The van der Waals surface area contributed by atoms with Crippen molar-refractivity contribution in [2.75, 3.05) is 13.1 Å². The highest BCUT2D eigenvalue weighted by molar-refractivity contribution is 5.93. The zero-order valence-corrected chi connectivity index (χ0v) is 34.2. The van der Waals surface area contributed by atoms with Crippen LogP contribution in [0.5, 0.6) is 11.5 Å². The Balaban J connectivity index is 1.04. The third kappa shape index (κ3) is 10.8. The third-order valence-corrected chi connectivity index (χ3v) is 12.7. The van der Waals surface area contributed by atoms with Gasteiger partial charge in [0.05, 0.1) is 19.1 Å². The number of esters is 1. The quantitative estimate of drug-likeness (QED) is 0.105. The summed E-state index contributed by atoms with van der Waals surface area (Å²) in [6, 6.07) is 18.3. The number of aromatic hydroxyl groups is 2. The highest BCUT2D eigenvalue weighted by atomic mass is 16.5. The highest BCUT2D eigenvalue weighted by Crippen LogP contribution is 2.61. The van der Waals surface area contributed by atoms with Crippen LogP contribution in [0.1, 0.15) is 87.5 Å². The Morgan fingerprint density at radius 1 is 0.780 bits per heavy atom. The first-order chi connectivity index (χ1) is 28.2. The lowest BCUT2D eigenvalue weighted by Gasteiger charge is -2.50. The summed E-state index contributed by atoms with van der Waals surface area (Å²) in [5, 5.41) is 30.1. The monoisotopic (exact) mass is 809 g/mol. The van der Waals surface area contributed by atoms with E-state index in [0.29, 0.717) is 29.9 Å². The standard InChI is InChI=1S/C46H59N5O8/c1-27(2)21-39(45(58)59-40-18-17-36-35-15-11-30-24-32(53)14-16-33(30)34(35)19-20-46(36,40)3)51-44(57)38(23-28-7-5-4-6-8-28)50-42(55)26-48-41(54)25-49-43(56)37(47)22-29-9-12-31(52)13-10-29/h4-10,12-14,16,24,27,34-40,52-53H,11,15,17-23,25-26,47H2,1-3H3,(H,48,54)(H,49,56)(H,50,55)(H,51,57)/t34-,35-,36+,37+,38+,39+,40?,46+/m1/s1. The van der Waals surface area contributed by atoms with E-state index in [2.05, 4.69) is 34.3 Å². The first-order valence-electron chi connectivity index (χ1n) is 20.9. The molecule has 59 heavy (non-hydrogen) atoms. The smallest absolute Gasteiger partial charge is 0.328 e. The van der Waals surface area contributed by atoms with Gasteiger partial charge in [-0.15, -0.1) is 0 Å². The van der Waals surface area contributed by atoms with Crippen molar-refractivity contribution in [3.8, 4) is 11.5 Å². The molecule has 6 rings (SSSR count). The summed E-state index contributed by atoms with van der Waals surface area (Å²) < 4.78 is 6.38. The molecule has 3 aromatic rings. The fraction of sp³-hybridized carbons (Fsp3) is 0.500. The van der Waals surface area contributed by atoms with Gasteiger partial charge in [0, 0.05) is 11.8 Å². The van der Waals surface area contributed by atoms with E-state index in [1.807, 2.05) is 50.2 Å². The van der Waals surface area contributed by atoms with Crippen LogP contribution in [0, 0.1) is 23.2 Å². The maximum Gasteiger partial charge on any atom is 0.328 e. The fourth-order valence-electron chi connectivity index (χ4n) is 9.72. The zero-order valence-electron chi connectivity index (χ0n) is 34.2. The van der Waals surface area contributed by atoms with Crippen LogP contribution in [-0.2, 0) is 48.0 Å². The van der Waals surface area contributed by atoms with Crippen LogP contribution in [-0.4, -0.2) is 77.1 Å².